The summed E-state index contributed by atoms with van der Waals surface area (Å²) < 4.78 is 0. The number of carbonyl (C=O) groups is 1. The van der Waals surface area contributed by atoms with Crippen molar-refractivity contribution in [1.29, 1.82) is 0 Å². The first kappa shape index (κ1) is 16.5. The Kier molecular flexibility index (Phi) is 5.85. The highest BCUT2D eigenvalue weighted by Crippen LogP contribution is 2.19. The highest BCUT2D eigenvalue weighted by molar-refractivity contribution is 6.34. The van der Waals surface area contributed by atoms with E-state index in [9.17, 15) is 4.79 Å². The first-order valence-electron chi connectivity index (χ1n) is 7.31. The van der Waals surface area contributed by atoms with Gasteiger partial charge in [-0.25, -0.2) is 4.98 Å². The molecule has 1 aliphatic rings. The van der Waals surface area contributed by atoms with E-state index < -0.39 is 0 Å². The third-order valence-electron chi connectivity index (χ3n) is 3.70. The van der Waals surface area contributed by atoms with Crippen LogP contribution in [0.5, 0.6) is 0 Å². The quantitative estimate of drug-likeness (QED) is 0.796. The summed E-state index contributed by atoms with van der Waals surface area (Å²) in [7, 11) is 0. The summed E-state index contributed by atoms with van der Waals surface area (Å²) >= 11 is 11.9. The zero-order chi connectivity index (χ0) is 15.4. The predicted molar refractivity (Wildman–Crippen MR) is 86.1 cm³/mol. The molecular weight excluding hydrogens is 309 g/mol. The highest BCUT2D eigenvalue weighted by Gasteiger charge is 2.24. The maximum Gasteiger partial charge on any atom is 0.274 e. The molecular formula is C15H21Cl2N3O. The van der Waals surface area contributed by atoms with Gasteiger partial charge in [-0.3, -0.25) is 9.69 Å². The van der Waals surface area contributed by atoms with E-state index in [-0.39, 0.29) is 11.6 Å². The second kappa shape index (κ2) is 7.43. The van der Waals surface area contributed by atoms with E-state index in [1.54, 1.807) is 17.0 Å². The van der Waals surface area contributed by atoms with Crippen LogP contribution in [0.2, 0.25) is 10.2 Å². The Morgan fingerprint density at radius 3 is 2.52 bits per heavy atom. The van der Waals surface area contributed by atoms with Crippen molar-refractivity contribution in [1.82, 2.24) is 14.8 Å². The standard InChI is InChI=1S/C15H21Cl2N3O/c1-11(2)5-6-19-7-9-20(10-8-19)15(21)14-12(16)3-4-13(17)18-14/h3-4,11H,5-10H2,1-2H3. The van der Waals surface area contributed by atoms with E-state index in [2.05, 4.69) is 23.7 Å². The van der Waals surface area contributed by atoms with E-state index >= 15 is 0 Å². The molecule has 1 aromatic heterocycles. The fourth-order valence-electron chi connectivity index (χ4n) is 2.33. The van der Waals surface area contributed by atoms with Crippen LogP contribution < -0.4 is 0 Å². The third kappa shape index (κ3) is 4.56. The first-order chi connectivity index (χ1) is 9.97. The maximum absolute atomic E-state index is 12.4. The number of pyridine rings is 1. The number of aromatic nitrogens is 1. The zero-order valence-corrected chi connectivity index (χ0v) is 14.0. The van der Waals surface area contributed by atoms with E-state index in [1.807, 2.05) is 0 Å². The van der Waals surface area contributed by atoms with Gasteiger partial charge in [-0.1, -0.05) is 37.0 Å². The molecule has 2 rings (SSSR count). The molecule has 0 spiro atoms. The summed E-state index contributed by atoms with van der Waals surface area (Å²) in [5, 5.41) is 0.643. The normalized spacial score (nSPS) is 16.5. The van der Waals surface area contributed by atoms with E-state index in [4.69, 9.17) is 23.2 Å². The predicted octanol–water partition coefficient (Wildman–Crippen LogP) is 3.19. The van der Waals surface area contributed by atoms with Crippen LogP contribution in [0.4, 0.5) is 0 Å². The van der Waals surface area contributed by atoms with Crippen LogP contribution in [0.3, 0.4) is 0 Å². The average Bonchev–Trinajstić information content (AvgIpc) is 2.47. The molecule has 0 atom stereocenters. The lowest BCUT2D eigenvalue weighted by Gasteiger charge is -2.35. The number of rotatable bonds is 4. The van der Waals surface area contributed by atoms with Crippen LogP contribution >= 0.6 is 23.2 Å². The second-order valence-corrected chi connectivity index (χ2v) is 6.58. The Morgan fingerprint density at radius 1 is 1.24 bits per heavy atom. The van der Waals surface area contributed by atoms with E-state index in [0.29, 0.717) is 29.2 Å². The lowest BCUT2D eigenvalue weighted by atomic mass is 10.1. The number of carbonyl (C=O) groups excluding carboxylic acids is 1. The molecule has 4 nitrogen and oxygen atoms in total. The minimum absolute atomic E-state index is 0.133. The summed E-state index contributed by atoms with van der Waals surface area (Å²) in [6.45, 7) is 8.77. The average molecular weight is 330 g/mol. The summed E-state index contributed by atoms with van der Waals surface area (Å²) in [5.74, 6) is 0.574. The molecule has 1 amide bonds. The molecule has 0 N–H and O–H groups in total. The SMILES string of the molecule is CC(C)CCN1CCN(C(=O)c2nc(Cl)ccc2Cl)CC1. The lowest BCUT2D eigenvalue weighted by molar-refractivity contribution is 0.0626. The third-order valence-corrected chi connectivity index (χ3v) is 4.21. The van der Waals surface area contributed by atoms with Crippen molar-refractivity contribution in [3.05, 3.63) is 28.0 Å². The number of hydrogen-bond acceptors (Lipinski definition) is 3. The smallest absolute Gasteiger partial charge is 0.274 e. The fraction of sp³-hybridized carbons (Fsp3) is 0.600. The van der Waals surface area contributed by atoms with Gasteiger partial charge >= 0.3 is 0 Å². The van der Waals surface area contributed by atoms with Gasteiger partial charge in [0.2, 0.25) is 0 Å². The minimum Gasteiger partial charge on any atom is -0.335 e. The van der Waals surface area contributed by atoms with Gasteiger partial charge in [-0.15, -0.1) is 0 Å². The molecule has 0 aliphatic carbocycles. The number of nitrogens with zero attached hydrogens (tertiary/aromatic N) is 3. The number of halogens is 2. The van der Waals surface area contributed by atoms with Gasteiger partial charge in [-0.05, 0) is 31.0 Å². The van der Waals surface area contributed by atoms with E-state index in [0.717, 1.165) is 19.6 Å². The van der Waals surface area contributed by atoms with Gasteiger partial charge in [0.05, 0.1) is 5.02 Å². The summed E-state index contributed by atoms with van der Waals surface area (Å²) in [4.78, 5) is 20.7. The van der Waals surface area contributed by atoms with Crippen molar-refractivity contribution in [2.45, 2.75) is 20.3 Å². The van der Waals surface area contributed by atoms with Crippen molar-refractivity contribution in [3.63, 3.8) is 0 Å². The fourth-order valence-corrected chi connectivity index (χ4v) is 2.67. The Bertz CT molecular complexity index is 500. The van der Waals surface area contributed by atoms with Crippen LogP contribution in [-0.4, -0.2) is 53.4 Å². The molecule has 6 heteroatoms. The molecule has 1 aromatic rings. The monoisotopic (exact) mass is 329 g/mol. The Morgan fingerprint density at radius 2 is 1.90 bits per heavy atom. The molecule has 1 saturated heterocycles. The molecule has 116 valence electrons. The van der Waals surface area contributed by atoms with Gasteiger partial charge in [0.1, 0.15) is 10.8 Å². The molecule has 0 radical (unpaired) electrons. The zero-order valence-electron chi connectivity index (χ0n) is 12.5. The molecule has 1 aliphatic heterocycles. The lowest BCUT2D eigenvalue weighted by Crippen LogP contribution is -2.49. The summed E-state index contributed by atoms with van der Waals surface area (Å²) in [6, 6.07) is 3.20. The van der Waals surface area contributed by atoms with Crippen LogP contribution in [0, 0.1) is 5.92 Å². The van der Waals surface area contributed by atoms with Gasteiger partial charge in [0, 0.05) is 26.2 Å². The summed E-state index contributed by atoms with van der Waals surface area (Å²) in [5.41, 5.74) is 0.250. The molecule has 0 saturated carbocycles. The van der Waals surface area contributed by atoms with Crippen LogP contribution in [-0.2, 0) is 0 Å². The number of amides is 1. The van der Waals surface area contributed by atoms with Gasteiger partial charge < -0.3 is 4.90 Å². The molecule has 0 aromatic carbocycles. The Balaban J connectivity index is 1.92. The molecule has 0 bridgehead atoms. The van der Waals surface area contributed by atoms with Crippen LogP contribution in [0.15, 0.2) is 12.1 Å². The molecule has 21 heavy (non-hydrogen) atoms. The minimum atomic E-state index is -0.133. The van der Waals surface area contributed by atoms with Crippen molar-refractivity contribution in [2.75, 3.05) is 32.7 Å². The molecule has 2 heterocycles. The van der Waals surface area contributed by atoms with Crippen molar-refractivity contribution in [3.8, 4) is 0 Å². The van der Waals surface area contributed by atoms with Gasteiger partial charge in [0.25, 0.3) is 5.91 Å². The Labute approximate surface area is 136 Å². The topological polar surface area (TPSA) is 36.4 Å². The van der Waals surface area contributed by atoms with Gasteiger partial charge in [-0.2, -0.15) is 0 Å². The second-order valence-electron chi connectivity index (χ2n) is 5.78. The summed E-state index contributed by atoms with van der Waals surface area (Å²) in [6.07, 6.45) is 1.19. The van der Waals surface area contributed by atoms with Crippen LogP contribution in [0.25, 0.3) is 0 Å². The van der Waals surface area contributed by atoms with Crippen molar-refractivity contribution in [2.24, 2.45) is 5.92 Å². The van der Waals surface area contributed by atoms with Gasteiger partial charge in [0.15, 0.2) is 0 Å². The van der Waals surface area contributed by atoms with Crippen molar-refractivity contribution < 1.29 is 4.79 Å². The largest absolute Gasteiger partial charge is 0.335 e. The maximum atomic E-state index is 12.4. The first-order valence-corrected chi connectivity index (χ1v) is 8.06. The molecule has 0 unspecified atom stereocenters. The molecule has 1 fully saturated rings. The van der Waals surface area contributed by atoms with Crippen LogP contribution in [0.1, 0.15) is 30.8 Å². The number of piperazine rings is 1. The number of hydrogen-bond donors (Lipinski definition) is 0. The van der Waals surface area contributed by atoms with Crippen molar-refractivity contribution >= 4 is 29.1 Å². The Hall–Kier alpha value is -0.840. The van der Waals surface area contributed by atoms with E-state index in [1.165, 1.54) is 6.42 Å². The highest BCUT2D eigenvalue weighted by atomic mass is 35.5.